The third-order valence-electron chi connectivity index (χ3n) is 17.9. The number of nitrogens with zero attached hydrogens (tertiary/aromatic N) is 2. The molecule has 6 heterocycles. The van der Waals surface area contributed by atoms with Crippen LogP contribution in [0.2, 0.25) is 52.4 Å². The van der Waals surface area contributed by atoms with Gasteiger partial charge >= 0.3 is 87.6 Å². The molecular formula is C70H78N2O14Si12. The van der Waals surface area contributed by atoms with Crippen LogP contribution in [0.4, 0.5) is 11.4 Å². The Morgan fingerprint density at radius 1 is 0.214 bits per heavy atom. The van der Waals surface area contributed by atoms with Crippen LogP contribution in [0.1, 0.15) is 0 Å². The van der Waals surface area contributed by atoms with Crippen molar-refractivity contribution < 1.29 is 57.6 Å². The van der Waals surface area contributed by atoms with Gasteiger partial charge < -0.3 is 66.7 Å². The van der Waals surface area contributed by atoms with E-state index in [9.17, 15) is 0 Å². The summed E-state index contributed by atoms with van der Waals surface area (Å²) in [4.78, 5) is 2.05. The van der Waals surface area contributed by atoms with E-state index in [1.165, 1.54) is 0 Å². The van der Waals surface area contributed by atoms with Crippen molar-refractivity contribution in [2.45, 2.75) is 52.4 Å². The Morgan fingerprint density at radius 2 is 0.388 bits per heavy atom. The summed E-state index contributed by atoms with van der Waals surface area (Å²) in [5.41, 5.74) is 1.92. The van der Waals surface area contributed by atoms with Gasteiger partial charge in [0.2, 0.25) is 0 Å². The van der Waals surface area contributed by atoms with Crippen LogP contribution >= 0.6 is 0 Å². The second-order valence-electron chi connectivity index (χ2n) is 27.4. The summed E-state index contributed by atoms with van der Waals surface area (Å²) in [6, 6.07) is 95.5. The van der Waals surface area contributed by atoms with E-state index in [1.54, 1.807) is 0 Å². The smallest absolute Gasteiger partial charge is 0.425 e. The zero-order chi connectivity index (χ0) is 67.9. The Morgan fingerprint density at radius 3 is 0.582 bits per heavy atom. The second-order valence-corrected chi connectivity index (χ2v) is 67.3. The van der Waals surface area contributed by atoms with Crippen LogP contribution in [-0.4, -0.2) is 118 Å². The van der Waals surface area contributed by atoms with Gasteiger partial charge in [0.15, 0.2) is 0 Å². The molecule has 6 fully saturated rings. The largest absolute Gasteiger partial charge is 0.515 e. The molecule has 0 spiro atoms. The molecule has 500 valence electrons. The lowest BCUT2D eigenvalue weighted by atomic mass is 10.3. The van der Waals surface area contributed by atoms with Crippen LogP contribution in [0.15, 0.2) is 291 Å². The third kappa shape index (κ3) is 12.1. The highest BCUT2D eigenvalue weighted by atomic mass is 28.6. The van der Waals surface area contributed by atoms with Gasteiger partial charge in [-0.2, -0.15) is 0 Å². The van der Waals surface area contributed by atoms with Crippen molar-refractivity contribution in [1.82, 2.24) is 0 Å². The van der Waals surface area contributed by atoms with Gasteiger partial charge in [0.25, 0.3) is 0 Å². The molecule has 0 radical (unpaired) electrons. The number of benzene rings is 10. The Bertz CT molecular complexity index is 4140. The van der Waals surface area contributed by atoms with Gasteiger partial charge in [-0.3, -0.25) is 0 Å². The van der Waals surface area contributed by atoms with Crippen LogP contribution in [-0.2, 0) is 57.6 Å². The van der Waals surface area contributed by atoms with Crippen LogP contribution in [0.3, 0.4) is 0 Å². The Kier molecular flexibility index (Phi) is 17.5. The average molecular weight is 1510 g/mol. The minimum Gasteiger partial charge on any atom is -0.425 e. The minimum atomic E-state index is -5.35. The van der Waals surface area contributed by atoms with E-state index in [0.717, 1.165) is 16.6 Å². The van der Waals surface area contributed by atoms with E-state index in [2.05, 4.69) is 91.4 Å². The molecule has 0 amide bonds. The van der Waals surface area contributed by atoms with Crippen molar-refractivity contribution in [3.63, 3.8) is 0 Å². The molecule has 0 saturated carbocycles. The van der Waals surface area contributed by atoms with Gasteiger partial charge in [0.05, 0.1) is 0 Å². The fourth-order valence-corrected chi connectivity index (χ4v) is 79.8. The highest BCUT2D eigenvalue weighted by Gasteiger charge is 2.84. The highest BCUT2D eigenvalue weighted by Crippen LogP contribution is 2.47. The molecule has 0 aromatic heterocycles. The zero-order valence-electron chi connectivity index (χ0n) is 56.3. The van der Waals surface area contributed by atoms with Crippen LogP contribution in [0.25, 0.3) is 0 Å². The molecule has 0 aliphatic carbocycles. The second kappa shape index (κ2) is 25.4. The van der Waals surface area contributed by atoms with Crippen LogP contribution in [0, 0.1) is 0 Å². The summed E-state index contributed by atoms with van der Waals surface area (Å²) in [6.45, 7) is 18.5. The van der Waals surface area contributed by atoms with Crippen molar-refractivity contribution in [2.75, 3.05) is 23.2 Å². The summed E-state index contributed by atoms with van der Waals surface area (Å²) >= 11 is 0. The van der Waals surface area contributed by atoms with Crippen molar-refractivity contribution in [3.05, 3.63) is 291 Å². The maximum absolute atomic E-state index is 8.86. The topological polar surface area (TPSA) is 136 Å². The Balaban J connectivity index is 1.22. The first kappa shape index (κ1) is 67.7. The maximum atomic E-state index is 8.86. The van der Waals surface area contributed by atoms with E-state index in [0.29, 0.717) is 46.7 Å². The quantitative estimate of drug-likeness (QED) is 0.0991. The SMILES string of the molecule is CN(C)c1cccc([Si]2(C)O[Si]3(c4ccccc4)O[Si]4(c5ccccc5)O[Si]5(c6ccccc6)O[Si](C)(c6cccc(N([Si](C)(C)C)[Si](C)(C)C)c6)O[Si]6(c7ccccc7)O[Si](c7ccccc7)(O[Si](c7ccccc7)(O2)O[Si](c2ccccc2)(O6)O[Si](c2ccccc2)(O3)O5)O4)c1. The number of fused-ring (bicyclic) bond motifs is 4. The normalized spacial score (nSPS) is 30.8. The molecular weight excluding hydrogens is 1430 g/mol. The van der Waals surface area contributed by atoms with Crippen molar-refractivity contribution >= 4 is 167 Å². The lowest BCUT2D eigenvalue weighted by Crippen LogP contribution is -2.94. The fourth-order valence-electron chi connectivity index (χ4n) is 13.9. The standard InChI is InChI=1S/C70H78N2O14Si12/c1-71(2)59-37-35-55-69(57-59)89(9)73-91(61-39-19-11-20-40-61)77-95(65-47-27-15-28-48-65)81-93(63-43-23-13-24-44-63)75-90(10,70-56-36-38-60(58-70)72(87(3,4)5)88(6,7)8)76-94(64-45-25-14-26-46-64)83-97(85-95,67-51-31-17-32-52-67)79-92(74-89,62-41-21-12-22-42-62)80-98(84-94,68-53-33-18-34-54-68)86-96(78-91,82-93)66-49-29-16-30-50-66/h11-58H,1-10H3. The molecule has 16 nitrogen and oxygen atoms in total. The molecule has 4 atom stereocenters. The van der Waals surface area contributed by atoms with E-state index in [-0.39, 0.29) is 0 Å². The first-order chi connectivity index (χ1) is 47.0. The fraction of sp³-hybridized carbons (Fsp3) is 0.143. The Hall–Kier alpha value is -6.16. The molecule has 16 rings (SSSR count). The van der Waals surface area contributed by atoms with E-state index >= 15 is 0 Å². The maximum Gasteiger partial charge on any atom is 0.515 e. The molecule has 0 N–H and O–H groups in total. The molecule has 10 aromatic carbocycles. The van der Waals surface area contributed by atoms with Crippen LogP contribution < -0.4 is 61.0 Å². The minimum absolute atomic E-state index is 0.491. The van der Waals surface area contributed by atoms with Gasteiger partial charge in [-0.1, -0.05) is 306 Å². The number of hydrogen-bond acceptors (Lipinski definition) is 16. The highest BCUT2D eigenvalue weighted by molar-refractivity contribution is 7.14. The molecule has 6 aliphatic rings. The average Bonchev–Trinajstić information content (AvgIpc) is 0.675. The summed E-state index contributed by atoms with van der Waals surface area (Å²) in [5, 5.41) is 5.54. The summed E-state index contributed by atoms with van der Waals surface area (Å²) < 4.78 is 125. The zero-order valence-corrected chi connectivity index (χ0v) is 68.3. The Labute approximate surface area is 587 Å². The summed E-state index contributed by atoms with van der Waals surface area (Å²) in [6.07, 6.45) is 0. The number of rotatable bonds is 14. The summed E-state index contributed by atoms with van der Waals surface area (Å²) in [5.74, 6) is 0. The third-order valence-corrected chi connectivity index (χ3v) is 68.2. The summed E-state index contributed by atoms with van der Waals surface area (Å²) in [7, 11) is -51.6. The molecule has 4 unspecified atom stereocenters. The molecule has 6 aliphatic heterocycles. The molecule has 6 saturated heterocycles. The first-order valence-corrected chi connectivity index (χ1v) is 58.3. The predicted octanol–water partition coefficient (Wildman–Crippen LogP) is 7.56. The number of anilines is 2. The van der Waals surface area contributed by atoms with E-state index in [4.69, 9.17) is 57.6 Å². The monoisotopic (exact) mass is 1510 g/mol. The molecule has 10 aromatic rings. The van der Waals surface area contributed by atoms with Crippen LogP contribution in [0.5, 0.6) is 0 Å². The van der Waals surface area contributed by atoms with Crippen molar-refractivity contribution in [1.29, 1.82) is 0 Å². The molecule has 98 heavy (non-hydrogen) atoms. The first-order valence-electron chi connectivity index (χ1n) is 32.9. The van der Waals surface area contributed by atoms with Crippen molar-refractivity contribution in [3.8, 4) is 0 Å². The predicted molar refractivity (Wildman–Crippen MR) is 409 cm³/mol. The van der Waals surface area contributed by atoms with Gasteiger partial charge in [0, 0.05) is 67.0 Å². The van der Waals surface area contributed by atoms with Gasteiger partial charge in [-0.15, -0.1) is 0 Å². The lowest BCUT2D eigenvalue weighted by molar-refractivity contribution is 0.0273. The van der Waals surface area contributed by atoms with Gasteiger partial charge in [-0.05, 0) is 47.7 Å². The number of hydrogen-bond donors (Lipinski definition) is 0. The molecule has 8 bridgehead atoms. The van der Waals surface area contributed by atoms with Crippen molar-refractivity contribution in [2.24, 2.45) is 0 Å². The van der Waals surface area contributed by atoms with Gasteiger partial charge in [0.1, 0.15) is 16.5 Å². The molecule has 28 heteroatoms. The lowest BCUT2D eigenvalue weighted by Gasteiger charge is -2.61. The van der Waals surface area contributed by atoms with E-state index < -0.39 is 104 Å². The van der Waals surface area contributed by atoms with E-state index in [1.807, 2.05) is 275 Å². The van der Waals surface area contributed by atoms with Gasteiger partial charge in [-0.25, -0.2) is 0 Å².